The predicted molar refractivity (Wildman–Crippen MR) is 91.5 cm³/mol. The second-order valence-electron chi connectivity index (χ2n) is 7.05. The molecule has 1 N–H and O–H groups in total. The van der Waals surface area contributed by atoms with Crippen LogP contribution < -0.4 is 5.32 Å². The summed E-state index contributed by atoms with van der Waals surface area (Å²) in [5, 5.41) is 4.23. The van der Waals surface area contributed by atoms with Gasteiger partial charge >= 0.3 is 0 Å². The van der Waals surface area contributed by atoms with Gasteiger partial charge in [-0.3, -0.25) is 0 Å². The maximum absolute atomic E-state index is 3.45. The number of hydrogen-bond donors (Lipinski definition) is 1. The highest BCUT2D eigenvalue weighted by Crippen LogP contribution is 2.29. The van der Waals surface area contributed by atoms with Gasteiger partial charge in [-0.15, -0.1) is 0 Å². The summed E-state index contributed by atoms with van der Waals surface area (Å²) in [5.74, 6) is 2.05. The van der Waals surface area contributed by atoms with E-state index in [-0.39, 0.29) is 5.41 Å². The number of piperidine rings is 1. The summed E-state index contributed by atoms with van der Waals surface area (Å²) in [5.41, 5.74) is 3.15. The molecule has 1 nitrogen and oxygen atoms in total. The lowest BCUT2D eigenvalue weighted by molar-refractivity contribution is 0.373. The van der Waals surface area contributed by atoms with Crippen LogP contribution in [0.3, 0.4) is 0 Å². The van der Waals surface area contributed by atoms with E-state index < -0.39 is 0 Å². The first-order valence-electron chi connectivity index (χ1n) is 7.88. The first-order chi connectivity index (χ1) is 9.47. The van der Waals surface area contributed by atoms with Crippen LogP contribution in [0.1, 0.15) is 51.7 Å². The zero-order valence-electron chi connectivity index (χ0n) is 13.4. The van der Waals surface area contributed by atoms with Crippen LogP contribution in [0.5, 0.6) is 0 Å². The van der Waals surface area contributed by atoms with Crippen LogP contribution in [0.15, 0.2) is 24.3 Å². The van der Waals surface area contributed by atoms with E-state index >= 15 is 0 Å². The molecule has 1 fully saturated rings. The molecule has 112 valence electrons. The monoisotopic (exact) mass is 291 g/mol. The van der Waals surface area contributed by atoms with Gasteiger partial charge in [-0.1, -0.05) is 52.0 Å². The van der Waals surface area contributed by atoms with Gasteiger partial charge in [0.15, 0.2) is 0 Å². The number of hydrogen-bond acceptors (Lipinski definition) is 2. The van der Waals surface area contributed by atoms with Crippen molar-refractivity contribution >= 4 is 11.8 Å². The minimum absolute atomic E-state index is 0.258. The minimum Gasteiger partial charge on any atom is -0.317 e. The average molecular weight is 292 g/mol. The quantitative estimate of drug-likeness (QED) is 0.869. The van der Waals surface area contributed by atoms with Crippen LogP contribution in [0.2, 0.25) is 0 Å². The zero-order valence-corrected chi connectivity index (χ0v) is 14.2. The summed E-state index contributed by atoms with van der Waals surface area (Å²) in [4.78, 5) is 0. The fraction of sp³-hybridized carbons (Fsp3) is 0.667. The van der Waals surface area contributed by atoms with Crippen LogP contribution in [0.25, 0.3) is 0 Å². The van der Waals surface area contributed by atoms with E-state index in [0.29, 0.717) is 0 Å². The Kier molecular flexibility index (Phi) is 5.57. The molecule has 1 aromatic rings. The van der Waals surface area contributed by atoms with Gasteiger partial charge in [0, 0.05) is 11.0 Å². The Labute approximate surface area is 128 Å². The Bertz CT molecular complexity index is 398. The highest BCUT2D eigenvalue weighted by Gasteiger charge is 2.20. The summed E-state index contributed by atoms with van der Waals surface area (Å²) in [7, 11) is 0. The normalized spacial score (nSPS) is 19.0. The maximum Gasteiger partial charge on any atom is 0.0187 e. The van der Waals surface area contributed by atoms with Crippen molar-refractivity contribution in [2.75, 3.05) is 13.1 Å². The summed E-state index contributed by atoms with van der Waals surface area (Å²) in [6.45, 7) is 11.6. The van der Waals surface area contributed by atoms with Gasteiger partial charge in [0.2, 0.25) is 0 Å². The third-order valence-electron chi connectivity index (χ3n) is 4.38. The molecular weight excluding hydrogens is 262 g/mol. The molecule has 2 heteroatoms. The number of nitrogens with one attached hydrogen (secondary N) is 1. The van der Waals surface area contributed by atoms with Crippen LogP contribution >= 0.6 is 11.8 Å². The van der Waals surface area contributed by atoms with Crippen molar-refractivity contribution in [1.29, 1.82) is 0 Å². The second kappa shape index (κ2) is 7.00. The van der Waals surface area contributed by atoms with E-state index in [0.717, 1.165) is 16.9 Å². The summed E-state index contributed by atoms with van der Waals surface area (Å²) in [6.07, 6.45) is 2.69. The first-order valence-corrected chi connectivity index (χ1v) is 8.93. The minimum atomic E-state index is 0.258. The van der Waals surface area contributed by atoms with Crippen molar-refractivity contribution in [3.05, 3.63) is 35.4 Å². The van der Waals surface area contributed by atoms with Crippen molar-refractivity contribution in [3.63, 3.8) is 0 Å². The van der Waals surface area contributed by atoms with Crippen LogP contribution in [-0.2, 0) is 11.2 Å². The number of rotatable bonds is 4. The van der Waals surface area contributed by atoms with Gasteiger partial charge in [-0.2, -0.15) is 11.8 Å². The highest BCUT2D eigenvalue weighted by atomic mass is 32.2. The van der Waals surface area contributed by atoms with E-state index in [1.807, 2.05) is 0 Å². The fourth-order valence-corrected chi connectivity index (χ4v) is 3.97. The third-order valence-corrected chi connectivity index (χ3v) is 5.79. The van der Waals surface area contributed by atoms with Crippen LogP contribution in [0.4, 0.5) is 0 Å². The smallest absolute Gasteiger partial charge is 0.0187 e. The highest BCUT2D eigenvalue weighted by molar-refractivity contribution is 7.99. The van der Waals surface area contributed by atoms with Crippen LogP contribution in [-0.4, -0.2) is 18.3 Å². The first kappa shape index (κ1) is 15.9. The lowest BCUT2D eigenvalue weighted by Gasteiger charge is -2.28. The van der Waals surface area contributed by atoms with E-state index in [2.05, 4.69) is 69.0 Å². The SMILES string of the molecule is CC(SCc1ccc(C(C)(C)C)cc1)C1CCNCC1. The molecule has 0 radical (unpaired) electrons. The van der Waals surface area contributed by atoms with Gasteiger partial charge in [0.05, 0.1) is 0 Å². The summed E-state index contributed by atoms with van der Waals surface area (Å²) in [6, 6.07) is 9.21. The van der Waals surface area contributed by atoms with Gasteiger partial charge < -0.3 is 5.32 Å². The summed E-state index contributed by atoms with van der Waals surface area (Å²) >= 11 is 2.12. The topological polar surface area (TPSA) is 12.0 Å². The molecule has 1 aliphatic rings. The molecule has 0 saturated carbocycles. The van der Waals surface area contributed by atoms with E-state index in [9.17, 15) is 0 Å². The van der Waals surface area contributed by atoms with Crippen molar-refractivity contribution in [2.45, 2.75) is 57.0 Å². The lowest BCUT2D eigenvalue weighted by atomic mass is 9.87. The molecule has 0 aliphatic carbocycles. The molecule has 0 amide bonds. The van der Waals surface area contributed by atoms with Crippen LogP contribution in [0, 0.1) is 5.92 Å². The second-order valence-corrected chi connectivity index (χ2v) is 8.42. The van der Waals surface area contributed by atoms with Crippen molar-refractivity contribution in [1.82, 2.24) is 5.32 Å². The molecule has 1 atom stereocenters. The zero-order chi connectivity index (χ0) is 14.6. The Hall–Kier alpha value is -0.470. The molecule has 0 aromatic heterocycles. The molecule has 1 heterocycles. The van der Waals surface area contributed by atoms with Gasteiger partial charge in [-0.05, 0) is 48.4 Å². The molecule has 1 aromatic carbocycles. The van der Waals surface area contributed by atoms with E-state index in [1.54, 1.807) is 0 Å². The van der Waals surface area contributed by atoms with Crippen molar-refractivity contribution < 1.29 is 0 Å². The average Bonchev–Trinajstić information content (AvgIpc) is 2.45. The van der Waals surface area contributed by atoms with Gasteiger partial charge in [-0.25, -0.2) is 0 Å². The molecule has 1 aliphatic heterocycles. The maximum atomic E-state index is 3.45. The lowest BCUT2D eigenvalue weighted by Crippen LogP contribution is -2.31. The number of thioether (sulfide) groups is 1. The fourth-order valence-electron chi connectivity index (χ4n) is 2.78. The Morgan fingerprint density at radius 1 is 1.15 bits per heavy atom. The molecule has 1 saturated heterocycles. The number of benzene rings is 1. The molecule has 2 rings (SSSR count). The van der Waals surface area contributed by atoms with Crippen molar-refractivity contribution in [3.8, 4) is 0 Å². The third kappa shape index (κ3) is 4.53. The van der Waals surface area contributed by atoms with Gasteiger partial charge in [0.25, 0.3) is 0 Å². The Morgan fingerprint density at radius 2 is 1.75 bits per heavy atom. The summed E-state index contributed by atoms with van der Waals surface area (Å²) < 4.78 is 0. The molecule has 20 heavy (non-hydrogen) atoms. The van der Waals surface area contributed by atoms with Crippen molar-refractivity contribution in [2.24, 2.45) is 5.92 Å². The molecule has 0 spiro atoms. The largest absolute Gasteiger partial charge is 0.317 e. The van der Waals surface area contributed by atoms with E-state index in [4.69, 9.17) is 0 Å². The van der Waals surface area contributed by atoms with E-state index in [1.165, 1.54) is 37.1 Å². The Morgan fingerprint density at radius 3 is 2.30 bits per heavy atom. The van der Waals surface area contributed by atoms with Gasteiger partial charge in [0.1, 0.15) is 0 Å². The predicted octanol–water partition coefficient (Wildman–Crippen LogP) is 4.61. The molecule has 1 unspecified atom stereocenters. The standard InChI is InChI=1S/C18H29NS/c1-14(16-9-11-19-12-10-16)20-13-15-5-7-17(8-6-15)18(2,3)4/h5-8,14,16,19H,9-13H2,1-4H3. The molecular formula is C18H29NS. The molecule has 0 bridgehead atoms. The Balaban J connectivity index is 1.84.